The highest BCUT2D eigenvalue weighted by Gasteiger charge is 2.29. The Morgan fingerprint density at radius 3 is 2.56 bits per heavy atom. The number of sulfone groups is 1. The number of rotatable bonds is 4. The highest BCUT2D eigenvalue weighted by Crippen LogP contribution is 2.21. The van der Waals surface area contributed by atoms with Crippen molar-refractivity contribution >= 4 is 32.4 Å². The Bertz CT molecular complexity index is 1060. The molecule has 0 bridgehead atoms. The van der Waals surface area contributed by atoms with Crippen LogP contribution in [0.1, 0.15) is 30.3 Å². The van der Waals surface area contributed by atoms with Crippen molar-refractivity contribution in [2.75, 3.05) is 11.5 Å². The third kappa shape index (κ3) is 4.16. The summed E-state index contributed by atoms with van der Waals surface area (Å²) in [7, 11) is -3.06. The predicted octanol–water partition coefficient (Wildman–Crippen LogP) is 0.00220. The van der Waals surface area contributed by atoms with E-state index < -0.39 is 21.7 Å². The Morgan fingerprint density at radius 1 is 1.22 bits per heavy atom. The van der Waals surface area contributed by atoms with Crippen molar-refractivity contribution in [1.82, 2.24) is 20.6 Å². The smallest absolute Gasteiger partial charge is 0.273 e. The third-order valence-corrected chi connectivity index (χ3v) is 6.34. The number of amides is 2. The molecular formula is C17H20N4O5S. The lowest BCUT2D eigenvalue weighted by Gasteiger charge is -2.12. The molecule has 0 saturated carbocycles. The maximum atomic E-state index is 12.5. The molecular weight excluding hydrogens is 372 g/mol. The van der Waals surface area contributed by atoms with Crippen LogP contribution in [0.4, 0.5) is 0 Å². The van der Waals surface area contributed by atoms with Crippen LogP contribution in [0.15, 0.2) is 29.1 Å². The number of nitrogens with zero attached hydrogens (tertiary/aromatic N) is 2. The van der Waals surface area contributed by atoms with Crippen LogP contribution >= 0.6 is 0 Å². The summed E-state index contributed by atoms with van der Waals surface area (Å²) in [4.78, 5) is 36.8. The second kappa shape index (κ2) is 7.47. The molecule has 9 nitrogen and oxygen atoms in total. The minimum atomic E-state index is -3.06. The molecule has 1 fully saturated rings. The van der Waals surface area contributed by atoms with Crippen molar-refractivity contribution in [3.8, 4) is 0 Å². The van der Waals surface area contributed by atoms with Gasteiger partial charge in [-0.25, -0.2) is 13.1 Å². The average molecular weight is 392 g/mol. The van der Waals surface area contributed by atoms with Crippen molar-refractivity contribution in [3.63, 3.8) is 0 Å². The van der Waals surface area contributed by atoms with Gasteiger partial charge in [-0.15, -0.1) is 0 Å². The molecule has 1 saturated heterocycles. The minimum absolute atomic E-state index is 0.0119. The number of carbonyl (C=O) groups excluding carboxylic acids is 2. The summed E-state index contributed by atoms with van der Waals surface area (Å²) < 4.78 is 24.1. The summed E-state index contributed by atoms with van der Waals surface area (Å²) in [6.45, 7) is 2.04. The fraction of sp³-hybridized carbons (Fsp3) is 0.412. The van der Waals surface area contributed by atoms with E-state index in [4.69, 9.17) is 0 Å². The topological polar surface area (TPSA) is 127 Å². The average Bonchev–Trinajstić information content (AvgIpc) is 2.98. The van der Waals surface area contributed by atoms with E-state index in [1.54, 1.807) is 31.2 Å². The van der Waals surface area contributed by atoms with Gasteiger partial charge in [0.05, 0.1) is 16.9 Å². The van der Waals surface area contributed by atoms with Crippen molar-refractivity contribution < 1.29 is 18.0 Å². The molecule has 0 radical (unpaired) electrons. The summed E-state index contributed by atoms with van der Waals surface area (Å²) in [5.41, 5.74) is 4.31. The summed E-state index contributed by atoms with van der Waals surface area (Å²) in [5, 5.41) is 4.83. The van der Waals surface area contributed by atoms with E-state index in [2.05, 4.69) is 16.0 Å². The van der Waals surface area contributed by atoms with Gasteiger partial charge in [0.1, 0.15) is 0 Å². The number of carbonyl (C=O) groups is 2. The van der Waals surface area contributed by atoms with Crippen molar-refractivity contribution in [3.05, 3.63) is 40.3 Å². The Morgan fingerprint density at radius 2 is 1.93 bits per heavy atom. The van der Waals surface area contributed by atoms with E-state index in [0.717, 1.165) is 0 Å². The standard InChI is InChI=1S/C17H20N4O5S/c1-2-21-17(24)13-6-4-3-5-12(13)15(20-21)16(23)19-18-14(22)9-11-7-8-27(25,26)10-11/h3-6,11H,2,7-10H2,1H3,(H,18,22)(H,19,23)/t11-/m0/s1. The van der Waals surface area contributed by atoms with Crippen LogP contribution in [-0.4, -0.2) is 41.5 Å². The van der Waals surface area contributed by atoms with Crippen molar-refractivity contribution in [2.24, 2.45) is 5.92 Å². The molecule has 1 aliphatic rings. The van der Waals surface area contributed by atoms with Crippen LogP contribution in [-0.2, 0) is 21.2 Å². The molecule has 0 aliphatic carbocycles. The molecule has 1 atom stereocenters. The number of aromatic nitrogens is 2. The van der Waals surface area contributed by atoms with Gasteiger partial charge in [0.15, 0.2) is 15.5 Å². The third-order valence-electron chi connectivity index (χ3n) is 4.50. The molecule has 2 aromatic rings. The number of hydrazine groups is 1. The van der Waals surface area contributed by atoms with Gasteiger partial charge in [-0.1, -0.05) is 18.2 Å². The Labute approximate surface area is 155 Å². The fourth-order valence-corrected chi connectivity index (χ4v) is 5.01. The normalized spacial score (nSPS) is 18.3. The molecule has 1 aromatic heterocycles. The van der Waals surface area contributed by atoms with Gasteiger partial charge >= 0.3 is 0 Å². The zero-order valence-electron chi connectivity index (χ0n) is 14.8. The van der Waals surface area contributed by atoms with Gasteiger partial charge in [0.2, 0.25) is 5.91 Å². The molecule has 0 unspecified atom stereocenters. The number of hydrogen-bond donors (Lipinski definition) is 2. The van der Waals surface area contributed by atoms with E-state index >= 15 is 0 Å². The van der Waals surface area contributed by atoms with E-state index in [9.17, 15) is 22.8 Å². The highest BCUT2D eigenvalue weighted by atomic mass is 32.2. The van der Waals surface area contributed by atoms with E-state index in [0.29, 0.717) is 23.7 Å². The quantitative estimate of drug-likeness (QED) is 0.705. The molecule has 0 spiro atoms. The number of nitrogens with one attached hydrogen (secondary N) is 2. The number of fused-ring (bicyclic) bond motifs is 1. The van der Waals surface area contributed by atoms with Gasteiger partial charge in [-0.2, -0.15) is 5.10 Å². The summed E-state index contributed by atoms with van der Waals surface area (Å²) in [6, 6.07) is 6.61. The lowest BCUT2D eigenvalue weighted by Crippen LogP contribution is -2.43. The first-order valence-electron chi connectivity index (χ1n) is 8.60. The van der Waals surface area contributed by atoms with E-state index in [1.165, 1.54) is 4.68 Å². The number of hydrogen-bond acceptors (Lipinski definition) is 6. The molecule has 1 aliphatic heterocycles. The molecule has 1 aromatic carbocycles. The first kappa shape index (κ1) is 19.0. The zero-order chi connectivity index (χ0) is 19.6. The first-order chi connectivity index (χ1) is 12.8. The Balaban J connectivity index is 1.72. The number of aryl methyl sites for hydroxylation is 1. The second-order valence-electron chi connectivity index (χ2n) is 6.49. The molecule has 144 valence electrons. The van der Waals surface area contributed by atoms with Gasteiger partial charge < -0.3 is 0 Å². The first-order valence-corrected chi connectivity index (χ1v) is 10.4. The maximum absolute atomic E-state index is 12.5. The Hall–Kier alpha value is -2.75. The van der Waals surface area contributed by atoms with Gasteiger partial charge in [0, 0.05) is 18.4 Å². The summed E-state index contributed by atoms with van der Waals surface area (Å²) in [6.07, 6.45) is 0.458. The number of benzene rings is 1. The van der Waals surface area contributed by atoms with Gasteiger partial charge in [-0.05, 0) is 25.3 Å². The zero-order valence-corrected chi connectivity index (χ0v) is 15.6. The summed E-state index contributed by atoms with van der Waals surface area (Å²) in [5.74, 6) is -1.29. The lowest BCUT2D eigenvalue weighted by atomic mass is 10.1. The molecule has 10 heteroatoms. The maximum Gasteiger partial charge on any atom is 0.290 e. The van der Waals surface area contributed by atoms with Gasteiger partial charge in [-0.3, -0.25) is 25.2 Å². The fourth-order valence-electron chi connectivity index (χ4n) is 3.15. The molecule has 3 rings (SSSR count). The van der Waals surface area contributed by atoms with Crippen LogP contribution < -0.4 is 16.4 Å². The van der Waals surface area contributed by atoms with Crippen LogP contribution in [0, 0.1) is 5.92 Å². The summed E-state index contributed by atoms with van der Waals surface area (Å²) >= 11 is 0. The Kier molecular flexibility index (Phi) is 5.26. The monoisotopic (exact) mass is 392 g/mol. The SMILES string of the molecule is CCn1nc(C(=O)NNC(=O)C[C@@H]2CCS(=O)(=O)C2)c2ccccc2c1=O. The second-order valence-corrected chi connectivity index (χ2v) is 8.72. The predicted molar refractivity (Wildman–Crippen MR) is 98.7 cm³/mol. The van der Waals surface area contributed by atoms with Crippen LogP contribution in [0.3, 0.4) is 0 Å². The van der Waals surface area contributed by atoms with Gasteiger partial charge in [0.25, 0.3) is 11.5 Å². The van der Waals surface area contributed by atoms with E-state index in [-0.39, 0.29) is 35.1 Å². The molecule has 2 amide bonds. The molecule has 2 N–H and O–H groups in total. The van der Waals surface area contributed by atoms with Crippen LogP contribution in [0.2, 0.25) is 0 Å². The van der Waals surface area contributed by atoms with Crippen LogP contribution in [0.25, 0.3) is 10.8 Å². The van der Waals surface area contributed by atoms with Crippen LogP contribution in [0.5, 0.6) is 0 Å². The van der Waals surface area contributed by atoms with Crippen molar-refractivity contribution in [2.45, 2.75) is 26.3 Å². The highest BCUT2D eigenvalue weighted by molar-refractivity contribution is 7.91. The van der Waals surface area contributed by atoms with Crippen molar-refractivity contribution in [1.29, 1.82) is 0 Å². The lowest BCUT2D eigenvalue weighted by molar-refractivity contribution is -0.122. The molecule has 27 heavy (non-hydrogen) atoms. The largest absolute Gasteiger partial charge is 0.290 e. The molecule has 2 heterocycles. The minimum Gasteiger partial charge on any atom is -0.273 e. The van der Waals surface area contributed by atoms with E-state index in [1.807, 2.05) is 0 Å².